The van der Waals surface area contributed by atoms with E-state index in [1.807, 2.05) is 31.2 Å². The second-order valence-corrected chi connectivity index (χ2v) is 6.46. The van der Waals surface area contributed by atoms with Gasteiger partial charge < -0.3 is 15.2 Å². The summed E-state index contributed by atoms with van der Waals surface area (Å²) in [5.74, 6) is 0.355. The molecule has 0 unspecified atom stereocenters. The molecule has 6 heteroatoms. The Labute approximate surface area is 152 Å². The number of ether oxygens (including phenoxy) is 1. The molecule has 2 N–H and O–H groups in total. The first-order valence-corrected chi connectivity index (χ1v) is 8.62. The molecule has 2 aromatic rings. The summed E-state index contributed by atoms with van der Waals surface area (Å²) in [6.07, 6.45) is 1.39. The van der Waals surface area contributed by atoms with Crippen molar-refractivity contribution >= 4 is 17.6 Å². The van der Waals surface area contributed by atoms with Gasteiger partial charge in [-0.3, -0.25) is 14.5 Å². The Morgan fingerprint density at radius 1 is 1.19 bits per heavy atom. The van der Waals surface area contributed by atoms with E-state index in [0.717, 1.165) is 17.7 Å². The molecule has 1 saturated heterocycles. The van der Waals surface area contributed by atoms with Crippen LogP contribution in [-0.2, 0) is 9.59 Å². The zero-order chi connectivity index (χ0) is 18.5. The summed E-state index contributed by atoms with van der Waals surface area (Å²) >= 11 is 0. The third-order valence-corrected chi connectivity index (χ3v) is 4.36. The van der Waals surface area contributed by atoms with Crippen LogP contribution in [0.3, 0.4) is 0 Å². The van der Waals surface area contributed by atoms with Gasteiger partial charge in [0.05, 0.1) is 6.54 Å². The molecular formula is C20H22N2O4. The fraction of sp³-hybridized carbons (Fsp3) is 0.300. The lowest BCUT2D eigenvalue weighted by Gasteiger charge is -2.20. The highest BCUT2D eigenvalue weighted by Gasteiger charge is 2.31. The Morgan fingerprint density at radius 2 is 1.96 bits per heavy atom. The molecule has 1 aliphatic rings. The van der Waals surface area contributed by atoms with Crippen molar-refractivity contribution in [1.29, 1.82) is 0 Å². The molecule has 0 saturated carbocycles. The van der Waals surface area contributed by atoms with Crippen LogP contribution in [-0.4, -0.2) is 41.0 Å². The minimum absolute atomic E-state index is 0.0819. The molecule has 0 radical (unpaired) electrons. The molecule has 1 amide bonds. The number of likely N-dealkylation sites (tertiary alicyclic amines) is 1. The molecule has 26 heavy (non-hydrogen) atoms. The Hall–Kier alpha value is -2.86. The molecule has 2 aromatic carbocycles. The summed E-state index contributed by atoms with van der Waals surface area (Å²) in [5.41, 5.74) is 1.77. The normalized spacial score (nSPS) is 17.0. The number of carbonyl (C=O) groups excluding carboxylic acids is 1. The van der Waals surface area contributed by atoms with E-state index in [-0.39, 0.29) is 12.5 Å². The van der Waals surface area contributed by atoms with Gasteiger partial charge in [0.25, 0.3) is 0 Å². The van der Waals surface area contributed by atoms with Crippen LogP contribution in [0.25, 0.3) is 0 Å². The number of carboxylic acid groups (broad SMARTS) is 1. The van der Waals surface area contributed by atoms with Gasteiger partial charge in [0, 0.05) is 5.69 Å². The molecule has 3 rings (SSSR count). The minimum Gasteiger partial charge on any atom is -0.480 e. The van der Waals surface area contributed by atoms with Crippen molar-refractivity contribution < 1.29 is 19.4 Å². The van der Waals surface area contributed by atoms with Crippen LogP contribution < -0.4 is 10.1 Å². The van der Waals surface area contributed by atoms with Crippen LogP contribution in [0.2, 0.25) is 0 Å². The van der Waals surface area contributed by atoms with Gasteiger partial charge in [0.1, 0.15) is 17.5 Å². The maximum atomic E-state index is 12.2. The molecule has 0 bridgehead atoms. The molecule has 1 aliphatic heterocycles. The third-order valence-electron chi connectivity index (χ3n) is 4.36. The first-order chi connectivity index (χ1) is 12.5. The first kappa shape index (κ1) is 17.9. The van der Waals surface area contributed by atoms with Crippen molar-refractivity contribution in [2.24, 2.45) is 0 Å². The van der Waals surface area contributed by atoms with Gasteiger partial charge in [0.2, 0.25) is 5.91 Å². The summed E-state index contributed by atoms with van der Waals surface area (Å²) in [6, 6.07) is 14.3. The Balaban J connectivity index is 1.55. The number of aryl methyl sites for hydroxylation is 1. The zero-order valence-electron chi connectivity index (χ0n) is 14.6. The van der Waals surface area contributed by atoms with Gasteiger partial charge in [-0.1, -0.05) is 12.1 Å². The molecule has 1 fully saturated rings. The fourth-order valence-electron chi connectivity index (χ4n) is 3.10. The molecule has 0 aromatic heterocycles. The van der Waals surface area contributed by atoms with Crippen molar-refractivity contribution in [3.05, 3.63) is 54.1 Å². The van der Waals surface area contributed by atoms with E-state index in [9.17, 15) is 9.59 Å². The van der Waals surface area contributed by atoms with E-state index in [1.165, 1.54) is 0 Å². The van der Waals surface area contributed by atoms with Crippen molar-refractivity contribution in [3.8, 4) is 11.5 Å². The molecule has 1 atom stereocenters. The van der Waals surface area contributed by atoms with Crippen LogP contribution in [0, 0.1) is 6.92 Å². The zero-order valence-corrected chi connectivity index (χ0v) is 14.6. The topological polar surface area (TPSA) is 78.9 Å². The number of carbonyl (C=O) groups is 2. The second kappa shape index (κ2) is 8.01. The number of amides is 1. The number of rotatable bonds is 6. The van der Waals surface area contributed by atoms with Gasteiger partial charge in [-0.15, -0.1) is 0 Å². The third kappa shape index (κ3) is 4.61. The lowest BCUT2D eigenvalue weighted by atomic mass is 10.2. The van der Waals surface area contributed by atoms with Crippen LogP contribution >= 0.6 is 0 Å². The molecular weight excluding hydrogens is 332 g/mol. The fourth-order valence-corrected chi connectivity index (χ4v) is 3.10. The van der Waals surface area contributed by atoms with Crippen LogP contribution in [0.15, 0.2) is 48.5 Å². The Bertz CT molecular complexity index is 789. The molecule has 0 spiro atoms. The lowest BCUT2D eigenvalue weighted by Crippen LogP contribution is -2.40. The number of hydrogen-bond donors (Lipinski definition) is 2. The Morgan fingerprint density at radius 3 is 2.65 bits per heavy atom. The van der Waals surface area contributed by atoms with E-state index in [2.05, 4.69) is 5.32 Å². The van der Waals surface area contributed by atoms with E-state index in [1.54, 1.807) is 29.2 Å². The highest BCUT2D eigenvalue weighted by Crippen LogP contribution is 2.24. The molecule has 136 valence electrons. The largest absolute Gasteiger partial charge is 0.480 e. The van der Waals surface area contributed by atoms with Crippen molar-refractivity contribution in [2.75, 3.05) is 18.4 Å². The van der Waals surface area contributed by atoms with Gasteiger partial charge in [-0.2, -0.15) is 0 Å². The number of anilines is 1. The average Bonchev–Trinajstić information content (AvgIpc) is 3.05. The lowest BCUT2D eigenvalue weighted by molar-refractivity contribution is -0.142. The number of nitrogens with one attached hydrogen (secondary N) is 1. The summed E-state index contributed by atoms with van der Waals surface area (Å²) in [6.45, 7) is 2.72. The van der Waals surface area contributed by atoms with Crippen LogP contribution in [0.1, 0.15) is 18.4 Å². The number of aliphatic carboxylic acids is 1. The highest BCUT2D eigenvalue weighted by atomic mass is 16.5. The van der Waals surface area contributed by atoms with Gasteiger partial charge in [0.15, 0.2) is 0 Å². The van der Waals surface area contributed by atoms with Crippen LogP contribution in [0.5, 0.6) is 11.5 Å². The summed E-state index contributed by atoms with van der Waals surface area (Å²) in [7, 11) is 0. The quantitative estimate of drug-likeness (QED) is 0.832. The minimum atomic E-state index is -0.868. The predicted octanol–water partition coefficient (Wildman–Crippen LogP) is 3.27. The standard InChI is InChI=1S/C20H22N2O4/c1-14-4-2-5-17(12-14)26-16-9-7-15(8-10-16)21-19(23)13-22-11-3-6-18(22)20(24)25/h2,4-5,7-10,12,18H,3,6,11,13H2,1H3,(H,21,23)(H,24,25)/t18-/m0/s1. The Kier molecular flexibility index (Phi) is 5.53. The van der Waals surface area contributed by atoms with E-state index >= 15 is 0 Å². The van der Waals surface area contributed by atoms with E-state index < -0.39 is 12.0 Å². The maximum absolute atomic E-state index is 12.2. The average molecular weight is 354 g/mol. The number of nitrogens with zero attached hydrogens (tertiary/aromatic N) is 1. The number of carboxylic acids is 1. The maximum Gasteiger partial charge on any atom is 0.320 e. The van der Waals surface area contributed by atoms with Gasteiger partial charge >= 0.3 is 5.97 Å². The molecule has 6 nitrogen and oxygen atoms in total. The van der Waals surface area contributed by atoms with E-state index in [0.29, 0.717) is 24.4 Å². The first-order valence-electron chi connectivity index (χ1n) is 8.62. The second-order valence-electron chi connectivity index (χ2n) is 6.46. The van der Waals surface area contributed by atoms with Crippen molar-refractivity contribution in [1.82, 2.24) is 4.90 Å². The molecule has 1 heterocycles. The van der Waals surface area contributed by atoms with Gasteiger partial charge in [-0.25, -0.2) is 0 Å². The van der Waals surface area contributed by atoms with Crippen molar-refractivity contribution in [3.63, 3.8) is 0 Å². The van der Waals surface area contributed by atoms with Crippen molar-refractivity contribution in [2.45, 2.75) is 25.8 Å². The summed E-state index contributed by atoms with van der Waals surface area (Å²) in [5, 5.41) is 12.0. The predicted molar refractivity (Wildman–Crippen MR) is 98.6 cm³/mol. The number of benzene rings is 2. The SMILES string of the molecule is Cc1cccc(Oc2ccc(NC(=O)CN3CCC[C@H]3C(=O)O)cc2)c1. The number of hydrogen-bond acceptors (Lipinski definition) is 4. The van der Waals surface area contributed by atoms with Crippen LogP contribution in [0.4, 0.5) is 5.69 Å². The monoisotopic (exact) mass is 354 g/mol. The summed E-state index contributed by atoms with van der Waals surface area (Å²) < 4.78 is 5.78. The smallest absolute Gasteiger partial charge is 0.320 e. The van der Waals surface area contributed by atoms with E-state index in [4.69, 9.17) is 9.84 Å². The van der Waals surface area contributed by atoms with Gasteiger partial charge in [-0.05, 0) is 68.3 Å². The highest BCUT2D eigenvalue weighted by molar-refractivity contribution is 5.92. The molecule has 0 aliphatic carbocycles. The summed E-state index contributed by atoms with van der Waals surface area (Å²) in [4.78, 5) is 25.0.